The molecule has 0 aliphatic carbocycles. The van der Waals surface area contributed by atoms with Gasteiger partial charge >= 0.3 is 0 Å². The van der Waals surface area contributed by atoms with E-state index in [0.29, 0.717) is 30.3 Å². The molecule has 2 aromatic heterocycles. The number of aromatic nitrogens is 5. The number of aryl methyl sites for hydroxylation is 1. The second-order valence-electron chi connectivity index (χ2n) is 5.57. The molecule has 0 unspecified atom stereocenters. The largest absolute Gasteiger partial charge is 0.493 e. The van der Waals surface area contributed by atoms with Crippen molar-refractivity contribution in [3.8, 4) is 5.75 Å². The topological polar surface area (TPSA) is 104 Å². The van der Waals surface area contributed by atoms with Crippen molar-refractivity contribution in [3.63, 3.8) is 0 Å². The minimum Gasteiger partial charge on any atom is -0.493 e. The van der Waals surface area contributed by atoms with Gasteiger partial charge in [0.05, 0.1) is 6.61 Å². The highest BCUT2D eigenvalue weighted by Gasteiger charge is 2.12. The van der Waals surface area contributed by atoms with Crippen LogP contribution >= 0.6 is 11.6 Å². The lowest BCUT2D eigenvalue weighted by Gasteiger charge is -2.08. The molecule has 0 saturated heterocycles. The third-order valence-corrected chi connectivity index (χ3v) is 3.85. The number of nitrogens with zero attached hydrogens (tertiary/aromatic N) is 5. The lowest BCUT2D eigenvalue weighted by Crippen LogP contribution is -2.33. The SMILES string of the molecule is Cn1nnc2ncn(CC(=O)NCCCOc3cccc(Cl)c3)c(=O)c21. The van der Waals surface area contributed by atoms with E-state index in [9.17, 15) is 9.59 Å². The number of nitrogens with one attached hydrogen (secondary N) is 1. The summed E-state index contributed by atoms with van der Waals surface area (Å²) in [5.74, 6) is 0.394. The number of carbonyl (C=O) groups is 1. The van der Waals surface area contributed by atoms with E-state index in [1.54, 1.807) is 25.2 Å². The van der Waals surface area contributed by atoms with Crippen molar-refractivity contribution < 1.29 is 9.53 Å². The Morgan fingerprint density at radius 2 is 2.23 bits per heavy atom. The van der Waals surface area contributed by atoms with E-state index in [-0.39, 0.29) is 29.2 Å². The number of hydrogen-bond acceptors (Lipinski definition) is 6. The second kappa shape index (κ2) is 7.96. The van der Waals surface area contributed by atoms with Gasteiger partial charge in [0.1, 0.15) is 18.6 Å². The zero-order valence-electron chi connectivity index (χ0n) is 14.1. The zero-order valence-corrected chi connectivity index (χ0v) is 14.8. The van der Waals surface area contributed by atoms with Gasteiger partial charge < -0.3 is 10.1 Å². The molecular weight excluding hydrogens is 360 g/mol. The highest BCUT2D eigenvalue weighted by atomic mass is 35.5. The molecule has 136 valence electrons. The molecular formula is C16H17ClN6O3. The molecule has 1 N–H and O–H groups in total. The van der Waals surface area contributed by atoms with Crippen molar-refractivity contribution in [2.24, 2.45) is 7.05 Å². The molecule has 0 spiro atoms. The molecule has 26 heavy (non-hydrogen) atoms. The summed E-state index contributed by atoms with van der Waals surface area (Å²) in [6, 6.07) is 7.11. The van der Waals surface area contributed by atoms with Crippen molar-refractivity contribution in [3.05, 3.63) is 46.0 Å². The minimum atomic E-state index is -0.359. The summed E-state index contributed by atoms with van der Waals surface area (Å²) in [5.41, 5.74) is 0.157. The Balaban J connectivity index is 1.46. The average Bonchev–Trinajstić information content (AvgIpc) is 2.99. The first-order chi connectivity index (χ1) is 12.5. The van der Waals surface area contributed by atoms with Crippen LogP contribution in [-0.4, -0.2) is 43.6 Å². The molecule has 0 bridgehead atoms. The van der Waals surface area contributed by atoms with Crippen LogP contribution in [0.4, 0.5) is 0 Å². The number of hydrogen-bond donors (Lipinski definition) is 1. The van der Waals surface area contributed by atoms with E-state index in [4.69, 9.17) is 16.3 Å². The molecule has 3 aromatic rings. The summed E-state index contributed by atoms with van der Waals surface area (Å²) in [6.45, 7) is 0.744. The summed E-state index contributed by atoms with van der Waals surface area (Å²) < 4.78 is 8.11. The van der Waals surface area contributed by atoms with E-state index < -0.39 is 0 Å². The molecule has 0 radical (unpaired) electrons. The van der Waals surface area contributed by atoms with Gasteiger partial charge in [0.2, 0.25) is 11.6 Å². The van der Waals surface area contributed by atoms with Crippen LogP contribution in [0.1, 0.15) is 6.42 Å². The van der Waals surface area contributed by atoms with Gasteiger partial charge in [0.15, 0.2) is 5.52 Å². The Morgan fingerprint density at radius 1 is 1.38 bits per heavy atom. The summed E-state index contributed by atoms with van der Waals surface area (Å²) in [4.78, 5) is 28.3. The van der Waals surface area contributed by atoms with Gasteiger partial charge in [0.25, 0.3) is 5.56 Å². The minimum absolute atomic E-state index is 0.123. The molecule has 0 aliphatic rings. The Morgan fingerprint density at radius 3 is 3.04 bits per heavy atom. The Bertz CT molecular complexity index is 984. The van der Waals surface area contributed by atoms with Crippen LogP contribution in [0.5, 0.6) is 5.75 Å². The van der Waals surface area contributed by atoms with Crippen LogP contribution in [0.15, 0.2) is 35.4 Å². The van der Waals surface area contributed by atoms with Crippen LogP contribution < -0.4 is 15.6 Å². The zero-order chi connectivity index (χ0) is 18.5. The van der Waals surface area contributed by atoms with Crippen LogP contribution in [0, 0.1) is 0 Å². The van der Waals surface area contributed by atoms with E-state index in [2.05, 4.69) is 20.6 Å². The van der Waals surface area contributed by atoms with Gasteiger partial charge in [-0.05, 0) is 24.6 Å². The van der Waals surface area contributed by atoms with Crippen molar-refractivity contribution in [1.82, 2.24) is 29.9 Å². The van der Waals surface area contributed by atoms with Crippen molar-refractivity contribution in [1.29, 1.82) is 0 Å². The molecule has 0 aliphatic heterocycles. The van der Waals surface area contributed by atoms with E-state index in [1.165, 1.54) is 15.6 Å². The molecule has 0 atom stereocenters. The Labute approximate surface area is 153 Å². The molecule has 1 aromatic carbocycles. The van der Waals surface area contributed by atoms with Gasteiger partial charge in [-0.2, -0.15) is 0 Å². The van der Waals surface area contributed by atoms with Gasteiger partial charge in [-0.25, -0.2) is 9.67 Å². The normalized spacial score (nSPS) is 10.8. The maximum atomic E-state index is 12.3. The molecule has 3 rings (SSSR count). The summed E-state index contributed by atoms with van der Waals surface area (Å²) in [5, 5.41) is 10.9. The third kappa shape index (κ3) is 4.17. The van der Waals surface area contributed by atoms with Crippen molar-refractivity contribution in [2.45, 2.75) is 13.0 Å². The number of amides is 1. The van der Waals surface area contributed by atoms with E-state index >= 15 is 0 Å². The maximum Gasteiger partial charge on any atom is 0.281 e. The lowest BCUT2D eigenvalue weighted by molar-refractivity contribution is -0.121. The maximum absolute atomic E-state index is 12.3. The second-order valence-corrected chi connectivity index (χ2v) is 6.01. The van der Waals surface area contributed by atoms with Crippen molar-refractivity contribution in [2.75, 3.05) is 13.2 Å². The van der Waals surface area contributed by atoms with Crippen LogP contribution in [0.25, 0.3) is 11.2 Å². The van der Waals surface area contributed by atoms with Crippen LogP contribution in [0.2, 0.25) is 5.02 Å². The number of benzene rings is 1. The highest BCUT2D eigenvalue weighted by molar-refractivity contribution is 6.30. The quantitative estimate of drug-likeness (QED) is 0.610. The first-order valence-corrected chi connectivity index (χ1v) is 8.32. The summed E-state index contributed by atoms with van der Waals surface area (Å²) >= 11 is 5.88. The molecule has 9 nitrogen and oxygen atoms in total. The molecule has 2 heterocycles. The number of halogens is 1. The average molecular weight is 377 g/mol. The first kappa shape index (κ1) is 17.9. The van der Waals surface area contributed by atoms with Crippen molar-refractivity contribution >= 4 is 28.7 Å². The van der Waals surface area contributed by atoms with E-state index in [1.807, 2.05) is 6.07 Å². The number of rotatable bonds is 7. The third-order valence-electron chi connectivity index (χ3n) is 3.61. The molecule has 0 fully saturated rings. The number of ether oxygens (including phenoxy) is 1. The van der Waals surface area contributed by atoms with Crippen LogP contribution in [0.3, 0.4) is 0 Å². The monoisotopic (exact) mass is 376 g/mol. The Kier molecular flexibility index (Phi) is 5.47. The van der Waals surface area contributed by atoms with Gasteiger partial charge in [-0.1, -0.05) is 22.9 Å². The standard InChI is InChI=1S/C16H17ClN6O3/c1-22-14-15(20-21-22)19-10-23(16(14)25)9-13(24)18-6-3-7-26-12-5-2-4-11(17)8-12/h2,4-5,8,10H,3,6-7,9H2,1H3,(H,18,24). The van der Waals surface area contributed by atoms with E-state index in [0.717, 1.165) is 0 Å². The van der Waals surface area contributed by atoms with Gasteiger partial charge in [0, 0.05) is 18.6 Å². The van der Waals surface area contributed by atoms with Crippen LogP contribution in [-0.2, 0) is 18.4 Å². The first-order valence-electron chi connectivity index (χ1n) is 7.94. The number of fused-ring (bicyclic) bond motifs is 1. The number of carbonyl (C=O) groups excluding carboxylic acids is 1. The fourth-order valence-corrected chi connectivity index (χ4v) is 2.53. The summed E-state index contributed by atoms with van der Waals surface area (Å²) in [6.07, 6.45) is 1.91. The highest BCUT2D eigenvalue weighted by Crippen LogP contribution is 2.16. The predicted molar refractivity (Wildman–Crippen MR) is 95.1 cm³/mol. The Hall–Kier alpha value is -2.94. The smallest absolute Gasteiger partial charge is 0.281 e. The lowest BCUT2D eigenvalue weighted by atomic mass is 10.3. The van der Waals surface area contributed by atoms with Gasteiger partial charge in [-0.15, -0.1) is 5.10 Å². The molecule has 10 heteroatoms. The fraction of sp³-hybridized carbons (Fsp3) is 0.312. The fourth-order valence-electron chi connectivity index (χ4n) is 2.35. The molecule has 0 saturated carbocycles. The predicted octanol–water partition coefficient (Wildman–Crippen LogP) is 0.764. The summed E-state index contributed by atoms with van der Waals surface area (Å²) in [7, 11) is 1.60. The molecule has 1 amide bonds. The van der Waals surface area contributed by atoms with Gasteiger partial charge in [-0.3, -0.25) is 14.2 Å².